The monoisotopic (exact) mass is 368 g/mol. The molecule has 3 heterocycles. The molecule has 25 heavy (non-hydrogen) atoms. The number of amides is 4. The van der Waals surface area contributed by atoms with Crippen LogP contribution in [0, 0.1) is 0 Å². The average molecular weight is 368 g/mol. The lowest BCUT2D eigenvalue weighted by Gasteiger charge is -2.32. The molecule has 0 unspecified atom stereocenters. The third-order valence-corrected chi connectivity index (χ3v) is 4.74. The highest BCUT2D eigenvalue weighted by Crippen LogP contribution is 2.15. The van der Waals surface area contributed by atoms with Gasteiger partial charge in [0.2, 0.25) is 5.91 Å². The van der Waals surface area contributed by atoms with Crippen LogP contribution in [0.25, 0.3) is 0 Å². The first-order valence-corrected chi connectivity index (χ1v) is 8.90. The van der Waals surface area contributed by atoms with Gasteiger partial charge in [-0.15, -0.1) is 11.3 Å². The minimum atomic E-state index is -0.462. The minimum Gasteiger partial charge on any atom is -0.379 e. The number of nitrogens with one attached hydrogen (secondary N) is 1. The first-order valence-electron chi connectivity index (χ1n) is 7.96. The van der Waals surface area contributed by atoms with Gasteiger partial charge in [-0.25, -0.2) is 9.78 Å². The maximum atomic E-state index is 12.2. The van der Waals surface area contributed by atoms with E-state index in [4.69, 9.17) is 9.47 Å². The normalized spacial score (nSPS) is 24.0. The van der Waals surface area contributed by atoms with Crippen molar-refractivity contribution in [3.63, 3.8) is 0 Å². The molecule has 0 bridgehead atoms. The Balaban J connectivity index is 1.53. The largest absolute Gasteiger partial charge is 0.379 e. The highest BCUT2D eigenvalue weighted by atomic mass is 32.1. The quantitative estimate of drug-likeness (QED) is 0.700. The summed E-state index contributed by atoms with van der Waals surface area (Å²) in [6, 6.07) is -0.790. The summed E-state index contributed by atoms with van der Waals surface area (Å²) in [7, 11) is 1.52. The summed E-state index contributed by atoms with van der Waals surface area (Å²) in [5.41, 5.74) is 2.58. The van der Waals surface area contributed by atoms with Gasteiger partial charge in [-0.3, -0.25) is 14.5 Å². The number of hydrogen-bond acceptors (Lipinski definition) is 7. The number of aromatic nitrogens is 1. The fourth-order valence-corrected chi connectivity index (χ4v) is 3.32. The fourth-order valence-electron chi connectivity index (χ4n) is 2.77. The smallest absolute Gasteiger partial charge is 0.327 e. The Kier molecular flexibility index (Phi) is 5.61. The molecular weight excluding hydrogens is 348 g/mol. The summed E-state index contributed by atoms with van der Waals surface area (Å²) < 4.78 is 11.3. The number of rotatable bonds is 6. The van der Waals surface area contributed by atoms with Gasteiger partial charge in [-0.05, 0) is 6.42 Å². The molecule has 2 fully saturated rings. The molecule has 2 aliphatic heterocycles. The fraction of sp³-hybridized carbons (Fsp3) is 0.600. The Morgan fingerprint density at radius 1 is 1.52 bits per heavy atom. The van der Waals surface area contributed by atoms with E-state index < -0.39 is 11.9 Å². The number of urea groups is 1. The van der Waals surface area contributed by atoms with Crippen molar-refractivity contribution in [2.45, 2.75) is 25.2 Å². The van der Waals surface area contributed by atoms with Crippen molar-refractivity contribution in [1.82, 2.24) is 20.1 Å². The van der Waals surface area contributed by atoms with Gasteiger partial charge in [0.15, 0.2) is 0 Å². The molecule has 9 nitrogen and oxygen atoms in total. The van der Waals surface area contributed by atoms with Gasteiger partial charge in [0.1, 0.15) is 13.1 Å². The third-order valence-electron chi connectivity index (χ3n) is 4.10. The van der Waals surface area contributed by atoms with Gasteiger partial charge in [0, 0.05) is 19.0 Å². The first-order chi connectivity index (χ1) is 12.0. The Morgan fingerprint density at radius 2 is 2.36 bits per heavy atom. The van der Waals surface area contributed by atoms with Crippen molar-refractivity contribution in [2.75, 3.05) is 33.4 Å². The van der Waals surface area contributed by atoms with Crippen LogP contribution in [0.15, 0.2) is 10.9 Å². The van der Waals surface area contributed by atoms with E-state index in [1.165, 1.54) is 23.3 Å². The van der Waals surface area contributed by atoms with Crippen LogP contribution < -0.4 is 5.32 Å². The predicted molar refractivity (Wildman–Crippen MR) is 87.8 cm³/mol. The average Bonchev–Trinajstić information content (AvgIpc) is 3.18. The van der Waals surface area contributed by atoms with E-state index in [9.17, 15) is 14.4 Å². The van der Waals surface area contributed by atoms with Crippen LogP contribution in [-0.2, 0) is 25.7 Å². The molecule has 3 rings (SSSR count). The number of hydrogen-bond donors (Lipinski definition) is 1. The van der Waals surface area contributed by atoms with Crippen LogP contribution in [0.5, 0.6) is 0 Å². The molecule has 0 aromatic carbocycles. The van der Waals surface area contributed by atoms with Gasteiger partial charge < -0.3 is 19.7 Å². The summed E-state index contributed by atoms with van der Waals surface area (Å²) in [6.07, 6.45) is 0.450. The van der Waals surface area contributed by atoms with Gasteiger partial charge in [0.05, 0.1) is 36.6 Å². The molecular formula is C15H20N4O5S. The summed E-state index contributed by atoms with van der Waals surface area (Å²) in [6.45, 7) is 0.959. The second-order valence-electron chi connectivity index (χ2n) is 5.99. The number of nitrogens with zero attached hydrogens (tertiary/aromatic N) is 3. The van der Waals surface area contributed by atoms with Crippen molar-refractivity contribution in [3.05, 3.63) is 16.6 Å². The van der Waals surface area contributed by atoms with Gasteiger partial charge in [-0.1, -0.05) is 0 Å². The number of thiazole rings is 1. The van der Waals surface area contributed by atoms with Crippen LogP contribution in [0.4, 0.5) is 4.79 Å². The van der Waals surface area contributed by atoms with Crippen LogP contribution in [0.3, 0.4) is 0 Å². The molecule has 1 aromatic rings. The Labute approximate surface area is 148 Å². The zero-order valence-corrected chi connectivity index (χ0v) is 14.7. The maximum absolute atomic E-state index is 12.2. The van der Waals surface area contributed by atoms with E-state index in [2.05, 4.69) is 10.3 Å². The number of carbonyl (C=O) groups excluding carboxylic acids is 3. The van der Waals surface area contributed by atoms with E-state index in [-0.39, 0.29) is 31.1 Å². The lowest BCUT2D eigenvalue weighted by molar-refractivity contribution is -0.133. The number of ether oxygens (including phenoxy) is 2. The van der Waals surface area contributed by atoms with E-state index in [0.29, 0.717) is 26.2 Å². The summed E-state index contributed by atoms with van der Waals surface area (Å²) in [4.78, 5) is 42.2. The van der Waals surface area contributed by atoms with E-state index >= 15 is 0 Å². The maximum Gasteiger partial charge on any atom is 0.327 e. The van der Waals surface area contributed by atoms with Gasteiger partial charge in [-0.2, -0.15) is 0 Å². The van der Waals surface area contributed by atoms with Crippen molar-refractivity contribution in [3.8, 4) is 0 Å². The molecule has 0 spiro atoms. The Morgan fingerprint density at radius 3 is 3.04 bits per heavy atom. The predicted octanol–water partition coefficient (Wildman–Crippen LogP) is -0.173. The molecule has 1 N–H and O–H groups in total. The highest BCUT2D eigenvalue weighted by molar-refractivity contribution is 7.07. The highest BCUT2D eigenvalue weighted by Gasteiger charge is 2.36. The van der Waals surface area contributed by atoms with Crippen LogP contribution in [-0.4, -0.2) is 78.1 Å². The standard InChI is InChI=1S/C15H20N4O5S/c1-18-5-14(21)19(15(18)22)4-13(20)17-11-7-23-3-2-12(11)24-6-10-8-25-9-16-10/h8-9,11-12H,2-7H2,1H3,(H,17,20)/t11-,12+/m1/s1. The number of imide groups is 1. The Hall–Kier alpha value is -2.04. The van der Waals surface area contributed by atoms with Crippen molar-refractivity contribution in [2.24, 2.45) is 0 Å². The third kappa shape index (κ3) is 4.33. The number of likely N-dealkylation sites (N-methyl/N-ethyl adjacent to an activating group) is 1. The summed E-state index contributed by atoms with van der Waals surface area (Å²) >= 11 is 1.50. The van der Waals surface area contributed by atoms with Crippen LogP contribution in [0.1, 0.15) is 12.1 Å². The molecule has 0 aliphatic carbocycles. The SMILES string of the molecule is CN1CC(=O)N(CC(=O)N[C@@H]2COCC[C@@H]2OCc2cscn2)C1=O. The van der Waals surface area contributed by atoms with E-state index in [1.54, 1.807) is 5.51 Å². The summed E-state index contributed by atoms with van der Waals surface area (Å²) in [5.74, 6) is -0.784. The zero-order valence-electron chi connectivity index (χ0n) is 13.8. The molecule has 0 radical (unpaired) electrons. The second-order valence-corrected chi connectivity index (χ2v) is 6.70. The summed E-state index contributed by atoms with van der Waals surface area (Å²) in [5, 5.41) is 4.72. The van der Waals surface area contributed by atoms with Crippen molar-refractivity contribution < 1.29 is 23.9 Å². The van der Waals surface area contributed by atoms with E-state index in [1.807, 2.05) is 5.38 Å². The van der Waals surface area contributed by atoms with Gasteiger partial charge >= 0.3 is 6.03 Å². The van der Waals surface area contributed by atoms with E-state index in [0.717, 1.165) is 10.6 Å². The molecule has 2 aliphatic rings. The molecule has 2 saturated heterocycles. The lowest BCUT2D eigenvalue weighted by Crippen LogP contribution is -2.53. The van der Waals surface area contributed by atoms with Crippen molar-refractivity contribution in [1.29, 1.82) is 0 Å². The van der Waals surface area contributed by atoms with Crippen LogP contribution in [0.2, 0.25) is 0 Å². The zero-order chi connectivity index (χ0) is 17.8. The van der Waals surface area contributed by atoms with Crippen molar-refractivity contribution >= 4 is 29.2 Å². The van der Waals surface area contributed by atoms with Crippen LogP contribution >= 0.6 is 11.3 Å². The molecule has 2 atom stereocenters. The Bertz CT molecular complexity index is 638. The lowest BCUT2D eigenvalue weighted by atomic mass is 10.1. The minimum absolute atomic E-state index is 0.00195. The molecule has 1 aromatic heterocycles. The van der Waals surface area contributed by atoms with Gasteiger partial charge in [0.25, 0.3) is 5.91 Å². The molecule has 10 heteroatoms. The second kappa shape index (κ2) is 7.89. The molecule has 4 amide bonds. The molecule has 136 valence electrons. The first kappa shape index (κ1) is 17.8. The topological polar surface area (TPSA) is 101 Å². The molecule has 0 saturated carbocycles. The number of carbonyl (C=O) groups is 3.